The van der Waals surface area contributed by atoms with E-state index in [1.165, 1.54) is 35.1 Å². The fraction of sp³-hybridized carbons (Fsp3) is 0.286. The summed E-state index contributed by atoms with van der Waals surface area (Å²) in [4.78, 5) is 0. The first-order valence-electron chi connectivity index (χ1n) is 8.97. The lowest BCUT2D eigenvalue weighted by Crippen LogP contribution is -2.41. The number of halogens is 3. The lowest BCUT2D eigenvalue weighted by Gasteiger charge is -2.28. The normalized spacial score (nSPS) is 18.6. The van der Waals surface area contributed by atoms with Crippen molar-refractivity contribution in [1.29, 1.82) is 0 Å². The molecule has 152 valence electrons. The van der Waals surface area contributed by atoms with Crippen LogP contribution in [0.15, 0.2) is 54.9 Å². The van der Waals surface area contributed by atoms with Crippen molar-refractivity contribution in [1.82, 2.24) is 9.78 Å². The number of hydrogen-bond donors (Lipinski definition) is 3. The second-order valence-electron chi connectivity index (χ2n) is 7.47. The Balaban J connectivity index is 1.96. The van der Waals surface area contributed by atoms with E-state index in [1.807, 2.05) is 0 Å². The fourth-order valence-corrected chi connectivity index (χ4v) is 3.80. The zero-order chi connectivity index (χ0) is 21.0. The van der Waals surface area contributed by atoms with Gasteiger partial charge in [0.2, 0.25) is 5.60 Å². The third-order valence-electron chi connectivity index (χ3n) is 5.58. The quantitative estimate of drug-likeness (QED) is 0.625. The zero-order valence-electron chi connectivity index (χ0n) is 15.5. The molecule has 0 fully saturated rings. The highest BCUT2D eigenvalue weighted by molar-refractivity contribution is 5.92. The SMILES string of the molecule is CC(CO)(CO)n1cc(-c2cccc3c2-c2ccccc2[C@]3(O)C(F)(F)F)cn1. The predicted molar refractivity (Wildman–Crippen MR) is 100.0 cm³/mol. The van der Waals surface area contributed by atoms with Crippen molar-refractivity contribution in [3.63, 3.8) is 0 Å². The number of aliphatic hydroxyl groups is 3. The summed E-state index contributed by atoms with van der Waals surface area (Å²) in [7, 11) is 0. The molecule has 3 aromatic rings. The summed E-state index contributed by atoms with van der Waals surface area (Å²) in [5, 5.41) is 34.2. The van der Waals surface area contributed by atoms with Crippen molar-refractivity contribution < 1.29 is 28.5 Å². The molecule has 0 saturated heterocycles. The van der Waals surface area contributed by atoms with Gasteiger partial charge in [-0.3, -0.25) is 4.68 Å². The molecule has 1 aromatic heterocycles. The van der Waals surface area contributed by atoms with Crippen LogP contribution in [0.25, 0.3) is 22.3 Å². The minimum Gasteiger partial charge on any atom is -0.394 e. The molecule has 1 heterocycles. The Bertz CT molecular complexity index is 1070. The molecule has 3 N–H and O–H groups in total. The molecular weight excluding hydrogens is 385 g/mol. The van der Waals surface area contributed by atoms with Crippen molar-refractivity contribution in [2.75, 3.05) is 13.2 Å². The number of aromatic nitrogens is 2. The Labute approximate surface area is 164 Å². The number of nitrogens with zero attached hydrogens (tertiary/aromatic N) is 2. The van der Waals surface area contributed by atoms with E-state index in [0.29, 0.717) is 16.7 Å². The van der Waals surface area contributed by atoms with Crippen LogP contribution < -0.4 is 0 Å². The molecule has 29 heavy (non-hydrogen) atoms. The second-order valence-corrected chi connectivity index (χ2v) is 7.47. The predicted octanol–water partition coefficient (Wildman–Crippen LogP) is 3.03. The van der Waals surface area contributed by atoms with E-state index in [-0.39, 0.29) is 29.9 Å². The van der Waals surface area contributed by atoms with Gasteiger partial charge in [0.1, 0.15) is 5.54 Å². The molecule has 1 aliphatic carbocycles. The molecule has 2 aromatic carbocycles. The summed E-state index contributed by atoms with van der Waals surface area (Å²) in [6.45, 7) is 0.874. The molecule has 0 unspecified atom stereocenters. The Kier molecular flexibility index (Phi) is 4.34. The number of fused-ring (bicyclic) bond motifs is 3. The van der Waals surface area contributed by atoms with Gasteiger partial charge in [-0.2, -0.15) is 18.3 Å². The highest BCUT2D eigenvalue weighted by Gasteiger charge is 2.61. The van der Waals surface area contributed by atoms with Gasteiger partial charge in [0.05, 0.1) is 19.4 Å². The molecule has 0 spiro atoms. The van der Waals surface area contributed by atoms with Crippen molar-refractivity contribution in [2.45, 2.75) is 24.2 Å². The molecule has 1 atom stereocenters. The first-order chi connectivity index (χ1) is 13.7. The summed E-state index contributed by atoms with van der Waals surface area (Å²) >= 11 is 0. The van der Waals surface area contributed by atoms with Crippen LogP contribution in [0.3, 0.4) is 0 Å². The Morgan fingerprint density at radius 3 is 2.24 bits per heavy atom. The molecule has 0 amide bonds. The molecular formula is C21H19F3N2O3. The maximum absolute atomic E-state index is 14.0. The van der Waals surface area contributed by atoms with E-state index in [9.17, 15) is 28.5 Å². The van der Waals surface area contributed by atoms with Crippen LogP contribution in [0.4, 0.5) is 13.2 Å². The maximum Gasteiger partial charge on any atom is 0.425 e. The lowest BCUT2D eigenvalue weighted by molar-refractivity contribution is -0.246. The largest absolute Gasteiger partial charge is 0.425 e. The van der Waals surface area contributed by atoms with Gasteiger partial charge in [-0.15, -0.1) is 0 Å². The van der Waals surface area contributed by atoms with E-state index in [1.54, 1.807) is 31.3 Å². The lowest BCUT2D eigenvalue weighted by atomic mass is 9.89. The average molecular weight is 404 g/mol. The summed E-state index contributed by atoms with van der Waals surface area (Å²) < 4.78 is 43.3. The van der Waals surface area contributed by atoms with E-state index in [4.69, 9.17) is 0 Å². The summed E-state index contributed by atoms with van der Waals surface area (Å²) in [5.41, 5.74) is -3.02. The summed E-state index contributed by atoms with van der Waals surface area (Å²) in [6, 6.07) is 10.3. The van der Waals surface area contributed by atoms with E-state index in [2.05, 4.69) is 5.10 Å². The van der Waals surface area contributed by atoms with Crippen LogP contribution in [-0.4, -0.2) is 44.5 Å². The Morgan fingerprint density at radius 2 is 1.59 bits per heavy atom. The van der Waals surface area contributed by atoms with Gasteiger partial charge in [-0.05, 0) is 23.6 Å². The number of rotatable bonds is 4. The van der Waals surface area contributed by atoms with Gasteiger partial charge in [0.25, 0.3) is 0 Å². The molecule has 8 heteroatoms. The smallest absolute Gasteiger partial charge is 0.394 e. The fourth-order valence-electron chi connectivity index (χ4n) is 3.80. The van der Waals surface area contributed by atoms with Gasteiger partial charge in [0, 0.05) is 22.9 Å². The Morgan fingerprint density at radius 1 is 0.966 bits per heavy atom. The van der Waals surface area contributed by atoms with Crippen LogP contribution in [-0.2, 0) is 11.1 Å². The molecule has 0 radical (unpaired) electrons. The van der Waals surface area contributed by atoms with E-state index < -0.39 is 17.3 Å². The molecule has 0 aliphatic heterocycles. The first-order valence-corrected chi connectivity index (χ1v) is 8.97. The van der Waals surface area contributed by atoms with Gasteiger partial charge < -0.3 is 15.3 Å². The minimum absolute atomic E-state index is 0.210. The topological polar surface area (TPSA) is 78.5 Å². The number of aliphatic hydroxyl groups excluding tert-OH is 2. The van der Waals surface area contributed by atoms with Crippen LogP contribution in [0.1, 0.15) is 18.1 Å². The van der Waals surface area contributed by atoms with E-state index >= 15 is 0 Å². The van der Waals surface area contributed by atoms with Gasteiger partial charge in [0.15, 0.2) is 0 Å². The summed E-state index contributed by atoms with van der Waals surface area (Å²) in [5.74, 6) is 0. The molecule has 1 aliphatic rings. The van der Waals surface area contributed by atoms with Crippen LogP contribution in [0.5, 0.6) is 0 Å². The molecule has 0 saturated carbocycles. The molecule has 0 bridgehead atoms. The number of hydrogen-bond acceptors (Lipinski definition) is 4. The van der Waals surface area contributed by atoms with Gasteiger partial charge in [-0.25, -0.2) is 0 Å². The minimum atomic E-state index is -4.90. The zero-order valence-corrected chi connectivity index (χ0v) is 15.5. The van der Waals surface area contributed by atoms with Crippen LogP contribution >= 0.6 is 0 Å². The first kappa shape index (κ1) is 19.6. The van der Waals surface area contributed by atoms with Crippen molar-refractivity contribution in [2.24, 2.45) is 0 Å². The van der Waals surface area contributed by atoms with Crippen LogP contribution in [0.2, 0.25) is 0 Å². The highest BCUT2D eigenvalue weighted by Crippen LogP contribution is 2.56. The summed E-state index contributed by atoms with van der Waals surface area (Å²) in [6.07, 6.45) is -1.87. The van der Waals surface area contributed by atoms with Crippen molar-refractivity contribution in [3.05, 3.63) is 66.0 Å². The standard InChI is InChI=1S/C21H19F3N2O3/c1-19(11-27,12-28)26-10-13(9-25-26)14-6-4-8-17-18(14)15-5-2-3-7-16(15)20(17,29)21(22,23)24/h2-10,27-29H,11-12H2,1H3/t20-/m1/s1. The van der Waals surface area contributed by atoms with Gasteiger partial charge >= 0.3 is 6.18 Å². The number of benzene rings is 2. The third-order valence-corrected chi connectivity index (χ3v) is 5.58. The molecule has 5 nitrogen and oxygen atoms in total. The monoisotopic (exact) mass is 404 g/mol. The maximum atomic E-state index is 14.0. The van der Waals surface area contributed by atoms with Crippen molar-refractivity contribution >= 4 is 0 Å². The molecule has 4 rings (SSSR count). The Hall–Kier alpha value is -2.68. The van der Waals surface area contributed by atoms with Gasteiger partial charge in [-0.1, -0.05) is 42.5 Å². The van der Waals surface area contributed by atoms with Crippen LogP contribution in [0, 0.1) is 0 Å². The highest BCUT2D eigenvalue weighted by atomic mass is 19.4. The third kappa shape index (κ3) is 2.63. The van der Waals surface area contributed by atoms with E-state index in [0.717, 1.165) is 0 Å². The van der Waals surface area contributed by atoms with Crippen molar-refractivity contribution in [3.8, 4) is 22.3 Å². The second kappa shape index (κ2) is 6.41. The number of alkyl halides is 3. The average Bonchev–Trinajstić information content (AvgIpc) is 3.31.